The highest BCUT2D eigenvalue weighted by Crippen LogP contribution is 2.35. The monoisotopic (exact) mass is 556 g/mol. The molecule has 1 aromatic rings. The summed E-state index contributed by atoms with van der Waals surface area (Å²) in [7, 11) is 1.91. The summed E-state index contributed by atoms with van der Waals surface area (Å²) in [5, 5.41) is 3.18. The summed E-state index contributed by atoms with van der Waals surface area (Å²) in [6.45, 7) is 7.02. The Bertz CT molecular complexity index is 721. The molecule has 0 bridgehead atoms. The molecule has 1 N–H and O–H groups in total. The van der Waals surface area contributed by atoms with Gasteiger partial charge in [0.2, 0.25) is 0 Å². The lowest BCUT2D eigenvalue weighted by molar-refractivity contribution is -0.138. The van der Waals surface area contributed by atoms with E-state index in [9.17, 15) is 13.2 Å². The largest absolute Gasteiger partial charge is 0.416 e. The highest BCUT2D eigenvalue weighted by molar-refractivity contribution is 14.0. The summed E-state index contributed by atoms with van der Waals surface area (Å²) in [6.07, 6.45) is -3.44. The number of aliphatic imine (C=N–C) groups is 1. The number of morpholine rings is 1. The van der Waals surface area contributed by atoms with E-state index in [1.165, 1.54) is 6.07 Å². The first-order valence-corrected chi connectivity index (χ1v) is 10.5. The van der Waals surface area contributed by atoms with Crippen molar-refractivity contribution in [3.05, 3.63) is 29.3 Å². The molecule has 2 saturated heterocycles. The molecule has 0 aromatic heterocycles. The maximum absolute atomic E-state index is 13.8. The van der Waals surface area contributed by atoms with Crippen molar-refractivity contribution >= 4 is 35.6 Å². The van der Waals surface area contributed by atoms with Gasteiger partial charge in [0.15, 0.2) is 5.96 Å². The normalized spacial score (nSPS) is 19.8. The fraction of sp³-hybridized carbons (Fsp3) is 0.667. The zero-order chi connectivity index (χ0) is 21.6. The highest BCUT2D eigenvalue weighted by atomic mass is 127. The van der Waals surface area contributed by atoms with Gasteiger partial charge in [-0.3, -0.25) is 0 Å². The van der Waals surface area contributed by atoms with Gasteiger partial charge in [-0.1, -0.05) is 6.07 Å². The SMILES string of the molecule is CCNC(=NCc1ccc(N2CCOCC2)cc1C(F)(F)F)N(C)CC1CCOC1.I. The van der Waals surface area contributed by atoms with Crippen LogP contribution in [0.5, 0.6) is 0 Å². The van der Waals surface area contributed by atoms with Crippen molar-refractivity contribution < 1.29 is 22.6 Å². The molecule has 31 heavy (non-hydrogen) atoms. The zero-order valence-electron chi connectivity index (χ0n) is 18.1. The molecule has 1 unspecified atom stereocenters. The van der Waals surface area contributed by atoms with Gasteiger partial charge in [0, 0.05) is 51.4 Å². The number of ether oxygens (including phenoxy) is 2. The first-order chi connectivity index (χ1) is 14.4. The Kier molecular flexibility index (Phi) is 10.1. The molecule has 2 aliphatic heterocycles. The van der Waals surface area contributed by atoms with Crippen molar-refractivity contribution in [3.63, 3.8) is 0 Å². The number of nitrogens with zero attached hydrogens (tertiary/aromatic N) is 3. The minimum Gasteiger partial charge on any atom is -0.381 e. The molecule has 3 rings (SSSR count). The number of alkyl halides is 3. The number of benzene rings is 1. The van der Waals surface area contributed by atoms with Gasteiger partial charge >= 0.3 is 6.18 Å². The molecular formula is C21H32F3IN4O2. The molecule has 0 radical (unpaired) electrons. The second kappa shape index (κ2) is 12.1. The Labute approximate surface area is 199 Å². The number of halogens is 4. The minimum absolute atomic E-state index is 0. The summed E-state index contributed by atoms with van der Waals surface area (Å²) in [5.74, 6) is 1.02. The van der Waals surface area contributed by atoms with E-state index in [-0.39, 0.29) is 36.1 Å². The Hall–Kier alpha value is -1.27. The van der Waals surface area contributed by atoms with Crippen LogP contribution >= 0.6 is 24.0 Å². The van der Waals surface area contributed by atoms with E-state index in [0.29, 0.717) is 57.0 Å². The van der Waals surface area contributed by atoms with E-state index in [0.717, 1.165) is 19.6 Å². The topological polar surface area (TPSA) is 49.3 Å². The lowest BCUT2D eigenvalue weighted by Gasteiger charge is -2.29. The smallest absolute Gasteiger partial charge is 0.381 e. The van der Waals surface area contributed by atoms with Gasteiger partial charge in [0.1, 0.15) is 0 Å². The van der Waals surface area contributed by atoms with Crippen molar-refractivity contribution in [2.45, 2.75) is 26.1 Å². The number of hydrogen-bond donors (Lipinski definition) is 1. The van der Waals surface area contributed by atoms with Gasteiger partial charge in [0.05, 0.1) is 31.9 Å². The van der Waals surface area contributed by atoms with Crippen LogP contribution < -0.4 is 10.2 Å². The zero-order valence-corrected chi connectivity index (χ0v) is 20.4. The van der Waals surface area contributed by atoms with Gasteiger partial charge in [-0.05, 0) is 31.0 Å². The Morgan fingerprint density at radius 2 is 1.97 bits per heavy atom. The lowest BCUT2D eigenvalue weighted by Crippen LogP contribution is -2.41. The van der Waals surface area contributed by atoms with E-state index >= 15 is 0 Å². The molecule has 10 heteroatoms. The number of anilines is 1. The van der Waals surface area contributed by atoms with Crippen LogP contribution in [0.1, 0.15) is 24.5 Å². The Morgan fingerprint density at radius 1 is 1.23 bits per heavy atom. The molecule has 6 nitrogen and oxygen atoms in total. The van der Waals surface area contributed by atoms with Gasteiger partial charge < -0.3 is 24.6 Å². The summed E-state index contributed by atoms with van der Waals surface area (Å²) >= 11 is 0. The van der Waals surface area contributed by atoms with Gasteiger partial charge in [-0.15, -0.1) is 24.0 Å². The summed E-state index contributed by atoms with van der Waals surface area (Å²) < 4.78 is 52.0. The fourth-order valence-electron chi connectivity index (χ4n) is 3.82. The summed E-state index contributed by atoms with van der Waals surface area (Å²) in [6, 6.07) is 4.53. The Morgan fingerprint density at radius 3 is 2.58 bits per heavy atom. The van der Waals surface area contributed by atoms with E-state index in [1.54, 1.807) is 12.1 Å². The maximum Gasteiger partial charge on any atom is 0.416 e. The molecule has 1 aromatic carbocycles. The van der Waals surface area contributed by atoms with E-state index < -0.39 is 11.7 Å². The molecule has 2 heterocycles. The lowest BCUT2D eigenvalue weighted by atomic mass is 10.1. The van der Waals surface area contributed by atoms with Crippen LogP contribution in [-0.4, -0.2) is 70.5 Å². The van der Waals surface area contributed by atoms with Crippen LogP contribution in [0.25, 0.3) is 0 Å². The number of guanidine groups is 1. The van der Waals surface area contributed by atoms with Crippen LogP contribution in [0.4, 0.5) is 18.9 Å². The first kappa shape index (κ1) is 26.0. The van der Waals surface area contributed by atoms with E-state index in [2.05, 4.69) is 10.3 Å². The van der Waals surface area contributed by atoms with Crippen LogP contribution in [0.15, 0.2) is 23.2 Å². The average molecular weight is 556 g/mol. The van der Waals surface area contributed by atoms with Gasteiger partial charge in [-0.25, -0.2) is 4.99 Å². The van der Waals surface area contributed by atoms with Crippen molar-refractivity contribution in [2.24, 2.45) is 10.9 Å². The third kappa shape index (κ3) is 7.38. The predicted octanol–water partition coefficient (Wildman–Crippen LogP) is 3.59. The van der Waals surface area contributed by atoms with E-state index in [4.69, 9.17) is 9.47 Å². The van der Waals surface area contributed by atoms with Crippen LogP contribution in [0, 0.1) is 5.92 Å². The number of rotatable bonds is 6. The fourth-order valence-corrected chi connectivity index (χ4v) is 3.82. The standard InChI is InChI=1S/C21H31F3N4O2.HI/c1-3-25-20(27(2)14-16-6-9-30-15-16)26-13-17-4-5-18(12-19(17)21(22,23)24)28-7-10-29-11-8-28;/h4-5,12,16H,3,6-11,13-15H2,1-2H3,(H,25,26);1H. The molecule has 0 amide bonds. The van der Waals surface area contributed by atoms with Gasteiger partial charge in [-0.2, -0.15) is 13.2 Å². The second-order valence-electron chi connectivity index (χ2n) is 7.72. The maximum atomic E-state index is 13.8. The van der Waals surface area contributed by atoms with Crippen LogP contribution in [-0.2, 0) is 22.2 Å². The minimum atomic E-state index is -4.43. The quantitative estimate of drug-likeness (QED) is 0.330. The van der Waals surface area contributed by atoms with Crippen LogP contribution in [0.3, 0.4) is 0 Å². The van der Waals surface area contributed by atoms with Crippen molar-refractivity contribution in [1.29, 1.82) is 0 Å². The molecule has 2 fully saturated rings. The predicted molar refractivity (Wildman–Crippen MR) is 126 cm³/mol. The van der Waals surface area contributed by atoms with Gasteiger partial charge in [0.25, 0.3) is 0 Å². The molecular weight excluding hydrogens is 524 g/mol. The third-order valence-corrected chi connectivity index (χ3v) is 5.43. The molecule has 0 saturated carbocycles. The average Bonchev–Trinajstić information content (AvgIpc) is 3.24. The van der Waals surface area contributed by atoms with Crippen LogP contribution in [0.2, 0.25) is 0 Å². The Balaban J connectivity index is 0.00000341. The second-order valence-corrected chi connectivity index (χ2v) is 7.72. The first-order valence-electron chi connectivity index (χ1n) is 10.5. The summed E-state index contributed by atoms with van der Waals surface area (Å²) in [4.78, 5) is 8.39. The molecule has 0 spiro atoms. The highest BCUT2D eigenvalue weighted by Gasteiger charge is 2.34. The number of nitrogens with one attached hydrogen (secondary N) is 1. The third-order valence-electron chi connectivity index (χ3n) is 5.43. The van der Waals surface area contributed by atoms with Crippen molar-refractivity contribution in [3.8, 4) is 0 Å². The molecule has 1 atom stereocenters. The van der Waals surface area contributed by atoms with E-state index in [1.807, 2.05) is 23.8 Å². The molecule has 176 valence electrons. The number of hydrogen-bond acceptors (Lipinski definition) is 4. The van der Waals surface area contributed by atoms with Crippen molar-refractivity contribution in [1.82, 2.24) is 10.2 Å². The van der Waals surface area contributed by atoms with Crippen molar-refractivity contribution in [2.75, 3.05) is 64.6 Å². The molecule has 2 aliphatic rings. The molecule has 0 aliphatic carbocycles. The summed E-state index contributed by atoms with van der Waals surface area (Å²) in [5.41, 5.74) is 0.120.